The third kappa shape index (κ3) is 4.36. The third-order valence-electron chi connectivity index (χ3n) is 5.30. The van der Waals surface area contributed by atoms with Crippen LogP contribution in [0.5, 0.6) is 0 Å². The lowest BCUT2D eigenvalue weighted by Crippen LogP contribution is -2.37. The largest absolute Gasteiger partial charge is 0.353 e. The first-order valence-electron chi connectivity index (χ1n) is 10.2. The smallest absolute Gasteiger partial charge is 0.147 e. The second-order valence-corrected chi connectivity index (χ2v) is 13.6. The molecule has 4 aromatic carbocycles. The van der Waals surface area contributed by atoms with Crippen LogP contribution in [0.2, 0.25) is 19.6 Å². The Morgan fingerprint density at radius 2 is 1.20 bits per heavy atom. The van der Waals surface area contributed by atoms with Crippen LogP contribution in [-0.4, -0.2) is 8.07 Å². The first-order valence-corrected chi connectivity index (χ1v) is 13.7. The molecule has 4 rings (SSSR count). The lowest BCUT2D eigenvalue weighted by molar-refractivity contribution is 0.633. The van der Waals surface area contributed by atoms with E-state index >= 15 is 4.39 Å². The first kappa shape index (κ1) is 20.1. The van der Waals surface area contributed by atoms with Crippen LogP contribution >= 0.6 is 0 Å². The maximum atomic E-state index is 15.4. The Balaban J connectivity index is 1.79. The molecule has 3 heteroatoms. The topological polar surface area (TPSA) is 12.0 Å². The van der Waals surface area contributed by atoms with Gasteiger partial charge in [-0.3, -0.25) is 0 Å². The SMILES string of the molecule is C[Si](C)(C)c1ccc(Nc2c(F)cc(-c3ccccc3)cc2-c2ccccc2)cc1. The summed E-state index contributed by atoms with van der Waals surface area (Å²) in [5.41, 5.74) is 5.09. The molecule has 0 radical (unpaired) electrons. The van der Waals surface area contributed by atoms with Crippen molar-refractivity contribution in [1.82, 2.24) is 0 Å². The number of anilines is 2. The summed E-state index contributed by atoms with van der Waals surface area (Å²) < 4.78 is 15.4. The number of nitrogens with one attached hydrogen (secondary N) is 1. The standard InChI is InChI=1S/C27H26FNSi/c1-30(2,3)24-16-14-23(15-17-24)29-27-25(21-12-8-5-9-13-21)18-22(19-26(27)28)20-10-6-4-7-11-20/h4-19,29H,1-3H3. The monoisotopic (exact) mass is 411 g/mol. The van der Waals surface area contributed by atoms with Crippen LogP contribution in [0.25, 0.3) is 22.3 Å². The molecule has 0 atom stereocenters. The van der Waals surface area contributed by atoms with Crippen molar-refractivity contribution in [3.8, 4) is 22.3 Å². The van der Waals surface area contributed by atoms with Crippen molar-refractivity contribution in [2.24, 2.45) is 0 Å². The molecule has 1 N–H and O–H groups in total. The zero-order valence-electron chi connectivity index (χ0n) is 17.6. The van der Waals surface area contributed by atoms with Crippen molar-refractivity contribution >= 4 is 24.6 Å². The minimum Gasteiger partial charge on any atom is -0.353 e. The van der Waals surface area contributed by atoms with Gasteiger partial charge in [0.1, 0.15) is 5.82 Å². The van der Waals surface area contributed by atoms with Gasteiger partial charge >= 0.3 is 0 Å². The van der Waals surface area contributed by atoms with Gasteiger partial charge in [0, 0.05) is 11.3 Å². The molecule has 0 heterocycles. The summed E-state index contributed by atoms with van der Waals surface area (Å²) >= 11 is 0. The Morgan fingerprint density at radius 1 is 0.633 bits per heavy atom. The molecule has 4 aromatic rings. The van der Waals surface area contributed by atoms with E-state index in [2.05, 4.69) is 43.2 Å². The van der Waals surface area contributed by atoms with Crippen molar-refractivity contribution in [2.45, 2.75) is 19.6 Å². The van der Waals surface area contributed by atoms with Crippen LogP contribution in [0.1, 0.15) is 0 Å². The highest BCUT2D eigenvalue weighted by molar-refractivity contribution is 6.88. The van der Waals surface area contributed by atoms with Crippen molar-refractivity contribution in [1.29, 1.82) is 0 Å². The van der Waals surface area contributed by atoms with E-state index in [0.717, 1.165) is 27.9 Å². The van der Waals surface area contributed by atoms with Crippen molar-refractivity contribution in [3.05, 3.63) is 103 Å². The molecule has 0 aliphatic rings. The summed E-state index contributed by atoms with van der Waals surface area (Å²) in [7, 11) is -1.37. The number of hydrogen-bond acceptors (Lipinski definition) is 1. The molecule has 0 aliphatic heterocycles. The molecule has 0 bridgehead atoms. The highest BCUT2D eigenvalue weighted by Gasteiger charge is 2.17. The fourth-order valence-corrected chi connectivity index (χ4v) is 4.74. The molecule has 0 saturated heterocycles. The Hall–Kier alpha value is -3.17. The summed E-state index contributed by atoms with van der Waals surface area (Å²) in [4.78, 5) is 0. The summed E-state index contributed by atoms with van der Waals surface area (Å²) in [5, 5.41) is 4.72. The van der Waals surface area contributed by atoms with Gasteiger partial charge in [-0.2, -0.15) is 0 Å². The minimum absolute atomic E-state index is 0.260. The van der Waals surface area contributed by atoms with Crippen molar-refractivity contribution in [3.63, 3.8) is 0 Å². The van der Waals surface area contributed by atoms with Gasteiger partial charge in [0.25, 0.3) is 0 Å². The molecule has 150 valence electrons. The molecule has 0 spiro atoms. The van der Waals surface area contributed by atoms with Gasteiger partial charge in [-0.15, -0.1) is 0 Å². The summed E-state index contributed by atoms with van der Waals surface area (Å²) in [5.74, 6) is -0.260. The van der Waals surface area contributed by atoms with Crippen LogP contribution in [0.3, 0.4) is 0 Å². The van der Waals surface area contributed by atoms with Gasteiger partial charge in [-0.1, -0.05) is 97.6 Å². The second-order valence-electron chi connectivity index (χ2n) is 8.57. The Morgan fingerprint density at radius 3 is 1.77 bits per heavy atom. The Kier molecular flexibility index (Phi) is 5.56. The van der Waals surface area contributed by atoms with Gasteiger partial charge in [-0.25, -0.2) is 4.39 Å². The van der Waals surface area contributed by atoms with Crippen LogP contribution in [0, 0.1) is 5.82 Å². The zero-order valence-corrected chi connectivity index (χ0v) is 18.6. The Labute approximate surface area is 179 Å². The van der Waals surface area contributed by atoms with E-state index in [4.69, 9.17) is 0 Å². The Bertz CT molecular complexity index is 1130. The van der Waals surface area contributed by atoms with Gasteiger partial charge in [-0.05, 0) is 41.0 Å². The molecular weight excluding hydrogens is 385 g/mol. The van der Waals surface area contributed by atoms with Crippen LogP contribution < -0.4 is 10.5 Å². The second kappa shape index (κ2) is 8.29. The lowest BCUT2D eigenvalue weighted by Gasteiger charge is -2.19. The zero-order chi connectivity index (χ0) is 21.1. The molecule has 0 fully saturated rings. The number of halogens is 1. The predicted octanol–water partition coefficient (Wildman–Crippen LogP) is 7.45. The van der Waals surface area contributed by atoms with E-state index in [1.165, 1.54) is 5.19 Å². The molecule has 0 aromatic heterocycles. The average molecular weight is 412 g/mol. The van der Waals surface area contributed by atoms with E-state index in [9.17, 15) is 0 Å². The van der Waals surface area contributed by atoms with E-state index in [1.807, 2.05) is 72.8 Å². The lowest BCUT2D eigenvalue weighted by atomic mass is 9.96. The fraction of sp³-hybridized carbons (Fsp3) is 0.111. The van der Waals surface area contributed by atoms with Crippen molar-refractivity contribution in [2.75, 3.05) is 5.32 Å². The molecular formula is C27H26FNSi. The highest BCUT2D eigenvalue weighted by Crippen LogP contribution is 2.36. The van der Waals surface area contributed by atoms with Gasteiger partial charge < -0.3 is 5.32 Å². The van der Waals surface area contributed by atoms with E-state index in [0.29, 0.717) is 5.69 Å². The summed E-state index contributed by atoms with van der Waals surface area (Å²) in [6.45, 7) is 6.97. The highest BCUT2D eigenvalue weighted by atomic mass is 28.3. The molecule has 0 amide bonds. The van der Waals surface area contributed by atoms with Gasteiger partial charge in [0.15, 0.2) is 0 Å². The fourth-order valence-electron chi connectivity index (χ4n) is 3.57. The molecule has 0 aliphatic carbocycles. The number of rotatable bonds is 5. The molecule has 0 unspecified atom stereocenters. The maximum absolute atomic E-state index is 15.4. The van der Waals surface area contributed by atoms with E-state index in [1.54, 1.807) is 6.07 Å². The maximum Gasteiger partial charge on any atom is 0.147 e. The molecule has 30 heavy (non-hydrogen) atoms. The predicted molar refractivity (Wildman–Crippen MR) is 130 cm³/mol. The van der Waals surface area contributed by atoms with Crippen LogP contribution in [0.15, 0.2) is 97.1 Å². The van der Waals surface area contributed by atoms with Gasteiger partial charge in [0.05, 0.1) is 13.8 Å². The normalized spacial score (nSPS) is 11.3. The first-order chi connectivity index (χ1) is 14.4. The summed E-state index contributed by atoms with van der Waals surface area (Å²) in [6.07, 6.45) is 0. The van der Waals surface area contributed by atoms with Gasteiger partial charge in [0.2, 0.25) is 0 Å². The quantitative estimate of drug-likeness (QED) is 0.336. The number of benzene rings is 4. The molecule has 1 nitrogen and oxygen atoms in total. The number of hydrogen-bond donors (Lipinski definition) is 1. The average Bonchev–Trinajstić information content (AvgIpc) is 2.76. The third-order valence-corrected chi connectivity index (χ3v) is 7.37. The van der Waals surface area contributed by atoms with Crippen LogP contribution in [0.4, 0.5) is 15.8 Å². The molecule has 0 saturated carbocycles. The summed E-state index contributed by atoms with van der Waals surface area (Å²) in [6, 6.07) is 32.0. The van der Waals surface area contributed by atoms with E-state index in [-0.39, 0.29) is 5.82 Å². The minimum atomic E-state index is -1.37. The van der Waals surface area contributed by atoms with E-state index < -0.39 is 8.07 Å². The van der Waals surface area contributed by atoms with Crippen molar-refractivity contribution < 1.29 is 4.39 Å². The van der Waals surface area contributed by atoms with Crippen LogP contribution in [-0.2, 0) is 0 Å².